The topological polar surface area (TPSA) is 49.8 Å². The van der Waals surface area contributed by atoms with Gasteiger partial charge in [-0.1, -0.05) is 11.8 Å². The number of halogens is 3. The van der Waals surface area contributed by atoms with Crippen molar-refractivity contribution >= 4 is 0 Å². The van der Waals surface area contributed by atoms with Crippen molar-refractivity contribution in [1.29, 1.82) is 5.26 Å². The summed E-state index contributed by atoms with van der Waals surface area (Å²) in [5.74, 6) is 4.68. The maximum absolute atomic E-state index is 12.6. The van der Waals surface area contributed by atoms with Gasteiger partial charge in [-0.25, -0.2) is 0 Å². The molecule has 0 radical (unpaired) electrons. The second kappa shape index (κ2) is 4.69. The second-order valence-electron chi connectivity index (χ2n) is 2.88. The molecule has 0 saturated carbocycles. The van der Waals surface area contributed by atoms with Crippen LogP contribution in [0.25, 0.3) is 0 Å². The minimum atomic E-state index is -4.52. The Morgan fingerprint density at radius 1 is 1.31 bits per heavy atom. The van der Waals surface area contributed by atoms with Gasteiger partial charge in [-0.2, -0.15) is 18.4 Å². The van der Waals surface area contributed by atoms with Crippen LogP contribution in [-0.2, 0) is 6.18 Å². The van der Waals surface area contributed by atoms with Crippen LogP contribution in [0.3, 0.4) is 0 Å². The summed E-state index contributed by atoms with van der Waals surface area (Å²) in [5, 5.41) is 8.52. The Hall–Kier alpha value is -1.98. The molecule has 1 aromatic carbocycles. The summed E-state index contributed by atoms with van der Waals surface area (Å²) >= 11 is 0. The summed E-state index contributed by atoms with van der Waals surface area (Å²) in [6.45, 7) is -0.0166. The summed E-state index contributed by atoms with van der Waals surface area (Å²) in [7, 11) is 0. The first-order valence-corrected chi connectivity index (χ1v) is 4.29. The minimum absolute atomic E-state index is 0.0166. The molecule has 0 aromatic heterocycles. The first kappa shape index (κ1) is 12.1. The SMILES string of the molecule is N#Cc1ccc(C#CCN)c(C(F)(F)F)c1. The number of nitrogens with zero attached hydrogens (tertiary/aromatic N) is 1. The fraction of sp³-hybridized carbons (Fsp3) is 0.182. The van der Waals surface area contributed by atoms with Crippen molar-refractivity contribution in [1.82, 2.24) is 0 Å². The molecule has 82 valence electrons. The molecule has 2 nitrogen and oxygen atoms in total. The van der Waals surface area contributed by atoms with Gasteiger partial charge in [0, 0.05) is 5.56 Å². The standard InChI is InChI=1S/C11H7F3N2/c12-11(13,14)10-6-8(7-16)3-4-9(10)2-1-5-15/h3-4,6H,5,15H2. The van der Waals surface area contributed by atoms with E-state index in [9.17, 15) is 13.2 Å². The molecule has 0 atom stereocenters. The number of rotatable bonds is 0. The fourth-order valence-corrected chi connectivity index (χ4v) is 1.10. The van der Waals surface area contributed by atoms with E-state index in [4.69, 9.17) is 11.0 Å². The monoisotopic (exact) mass is 224 g/mol. The summed E-state index contributed by atoms with van der Waals surface area (Å²) in [4.78, 5) is 0. The average Bonchev–Trinajstić information content (AvgIpc) is 2.25. The highest BCUT2D eigenvalue weighted by atomic mass is 19.4. The molecular formula is C11H7F3N2. The Kier molecular flexibility index (Phi) is 3.55. The summed E-state index contributed by atoms with van der Waals surface area (Å²) < 4.78 is 37.8. The second-order valence-corrected chi connectivity index (χ2v) is 2.88. The molecule has 16 heavy (non-hydrogen) atoms. The minimum Gasteiger partial charge on any atom is -0.320 e. The van der Waals surface area contributed by atoms with Crippen LogP contribution in [0.15, 0.2) is 18.2 Å². The Morgan fingerprint density at radius 2 is 2.00 bits per heavy atom. The molecule has 1 rings (SSSR count). The van der Waals surface area contributed by atoms with Crippen molar-refractivity contribution in [2.75, 3.05) is 6.54 Å². The van der Waals surface area contributed by atoms with Gasteiger partial charge in [-0.15, -0.1) is 0 Å². The van der Waals surface area contributed by atoms with E-state index in [1.807, 2.05) is 0 Å². The normalized spacial score (nSPS) is 10.2. The van der Waals surface area contributed by atoms with Gasteiger partial charge in [0.25, 0.3) is 0 Å². The van der Waals surface area contributed by atoms with Gasteiger partial charge in [0.1, 0.15) is 0 Å². The van der Waals surface area contributed by atoms with Crippen LogP contribution in [-0.4, -0.2) is 6.54 Å². The van der Waals surface area contributed by atoms with E-state index in [1.54, 1.807) is 6.07 Å². The van der Waals surface area contributed by atoms with Crippen LogP contribution >= 0.6 is 0 Å². The van der Waals surface area contributed by atoms with Crippen molar-refractivity contribution < 1.29 is 13.2 Å². The van der Waals surface area contributed by atoms with Crippen molar-refractivity contribution in [3.63, 3.8) is 0 Å². The first-order valence-electron chi connectivity index (χ1n) is 4.29. The zero-order valence-electron chi connectivity index (χ0n) is 8.10. The molecule has 0 saturated heterocycles. The van der Waals surface area contributed by atoms with E-state index < -0.39 is 11.7 Å². The van der Waals surface area contributed by atoms with Crippen molar-refractivity contribution in [2.24, 2.45) is 5.73 Å². The molecule has 0 heterocycles. The van der Waals surface area contributed by atoms with Gasteiger partial charge in [0.2, 0.25) is 0 Å². The summed E-state index contributed by atoms with van der Waals surface area (Å²) in [6, 6.07) is 4.89. The number of benzene rings is 1. The maximum Gasteiger partial charge on any atom is 0.417 e. The zero-order chi connectivity index (χ0) is 12.2. The number of hydrogen-bond acceptors (Lipinski definition) is 2. The Bertz CT molecular complexity index is 487. The maximum atomic E-state index is 12.6. The van der Waals surface area contributed by atoms with Crippen LogP contribution in [0.4, 0.5) is 13.2 Å². The van der Waals surface area contributed by atoms with E-state index in [-0.39, 0.29) is 17.7 Å². The smallest absolute Gasteiger partial charge is 0.320 e. The molecule has 0 spiro atoms. The van der Waals surface area contributed by atoms with E-state index in [1.165, 1.54) is 12.1 Å². The Balaban J connectivity index is 3.35. The van der Waals surface area contributed by atoms with Crippen LogP contribution in [0, 0.1) is 23.2 Å². The predicted molar refractivity (Wildman–Crippen MR) is 52.1 cm³/mol. The van der Waals surface area contributed by atoms with Gasteiger partial charge >= 0.3 is 6.18 Å². The van der Waals surface area contributed by atoms with Gasteiger partial charge in [-0.3, -0.25) is 0 Å². The third-order valence-electron chi connectivity index (χ3n) is 1.78. The Morgan fingerprint density at radius 3 is 2.50 bits per heavy atom. The van der Waals surface area contributed by atoms with Crippen molar-refractivity contribution in [3.05, 3.63) is 34.9 Å². The molecule has 0 bridgehead atoms. The quantitative estimate of drug-likeness (QED) is 0.684. The lowest BCUT2D eigenvalue weighted by Crippen LogP contribution is -2.08. The van der Waals surface area contributed by atoms with Gasteiger partial charge in [0.05, 0.1) is 23.7 Å². The average molecular weight is 224 g/mol. The highest BCUT2D eigenvalue weighted by Crippen LogP contribution is 2.32. The third-order valence-corrected chi connectivity index (χ3v) is 1.78. The van der Waals surface area contributed by atoms with Gasteiger partial charge in [0.15, 0.2) is 0 Å². The van der Waals surface area contributed by atoms with E-state index in [0.717, 1.165) is 6.07 Å². The van der Waals surface area contributed by atoms with Crippen LogP contribution < -0.4 is 5.73 Å². The molecule has 0 fully saturated rings. The lowest BCUT2D eigenvalue weighted by Gasteiger charge is -2.09. The Labute approximate surface area is 90.5 Å². The number of hydrogen-bond donors (Lipinski definition) is 1. The molecule has 0 aliphatic rings. The third kappa shape index (κ3) is 2.75. The molecule has 0 amide bonds. The number of nitriles is 1. The van der Waals surface area contributed by atoms with Crippen molar-refractivity contribution in [3.8, 4) is 17.9 Å². The number of nitrogens with two attached hydrogens (primary N) is 1. The van der Waals surface area contributed by atoms with Crippen LogP contribution in [0.1, 0.15) is 16.7 Å². The number of alkyl halides is 3. The molecule has 0 aliphatic carbocycles. The summed E-state index contributed by atoms with van der Waals surface area (Å²) in [5.41, 5.74) is 3.95. The lowest BCUT2D eigenvalue weighted by atomic mass is 10.0. The highest BCUT2D eigenvalue weighted by Gasteiger charge is 2.33. The largest absolute Gasteiger partial charge is 0.417 e. The molecule has 2 N–H and O–H groups in total. The predicted octanol–water partition coefficient (Wildman–Crippen LogP) is 1.89. The molecular weight excluding hydrogens is 217 g/mol. The molecule has 1 aromatic rings. The molecule has 0 aliphatic heterocycles. The first-order chi connectivity index (χ1) is 7.49. The lowest BCUT2D eigenvalue weighted by molar-refractivity contribution is -0.137. The van der Waals surface area contributed by atoms with E-state index in [2.05, 4.69) is 11.8 Å². The van der Waals surface area contributed by atoms with Gasteiger partial charge < -0.3 is 5.73 Å². The van der Waals surface area contributed by atoms with Crippen LogP contribution in [0.5, 0.6) is 0 Å². The molecule has 5 heteroatoms. The van der Waals surface area contributed by atoms with Crippen LogP contribution in [0.2, 0.25) is 0 Å². The molecule has 0 unspecified atom stereocenters. The van der Waals surface area contributed by atoms with E-state index >= 15 is 0 Å². The van der Waals surface area contributed by atoms with Gasteiger partial charge in [-0.05, 0) is 18.2 Å². The highest BCUT2D eigenvalue weighted by molar-refractivity contribution is 5.47. The zero-order valence-corrected chi connectivity index (χ0v) is 8.10. The van der Waals surface area contributed by atoms with Crippen molar-refractivity contribution in [2.45, 2.75) is 6.18 Å². The van der Waals surface area contributed by atoms with E-state index in [0.29, 0.717) is 0 Å². The fourth-order valence-electron chi connectivity index (χ4n) is 1.10. The summed E-state index contributed by atoms with van der Waals surface area (Å²) in [6.07, 6.45) is -4.52.